The van der Waals surface area contributed by atoms with Gasteiger partial charge >= 0.3 is 19.3 Å². The second kappa shape index (κ2) is 9.12. The maximum absolute atomic E-state index is 12.9. The number of hydrogen-bond donors (Lipinski definition) is 2. The van der Waals surface area contributed by atoms with E-state index in [0.29, 0.717) is 10.5 Å². The molecule has 12 heteroatoms. The zero-order valence-electron chi connectivity index (χ0n) is 16.5. The lowest BCUT2D eigenvalue weighted by Crippen LogP contribution is -2.42. The fourth-order valence-corrected chi connectivity index (χ4v) is 3.07. The topological polar surface area (TPSA) is 97.0 Å². The Bertz CT molecular complexity index is 1000. The van der Waals surface area contributed by atoms with Gasteiger partial charge in [0.1, 0.15) is 23.6 Å². The molecule has 0 aliphatic carbocycles. The third-order valence-corrected chi connectivity index (χ3v) is 4.60. The standard InChI is InChI=1S/C20H17F4N3O5/c1-20(11-2-6-13(7-3-11)31-17(21)22)16(29)27(19(30)26-20)10-15(28)25-12-4-8-14(9-5-12)32-18(23)24/h2-9,17-18H,10H2,1H3,(H,25,28)(H,26,30)/t20-/m0/s1. The molecular formula is C20H17F4N3O5. The minimum atomic E-state index is -3.01. The van der Waals surface area contributed by atoms with Crippen LogP contribution >= 0.6 is 0 Å². The minimum Gasteiger partial charge on any atom is -0.435 e. The van der Waals surface area contributed by atoms with E-state index in [4.69, 9.17) is 0 Å². The summed E-state index contributed by atoms with van der Waals surface area (Å²) < 4.78 is 57.4. The third kappa shape index (κ3) is 5.07. The molecule has 0 aromatic heterocycles. The van der Waals surface area contributed by atoms with Crippen molar-refractivity contribution in [3.63, 3.8) is 0 Å². The van der Waals surface area contributed by atoms with Crippen LogP contribution in [0.5, 0.6) is 11.5 Å². The number of hydrogen-bond acceptors (Lipinski definition) is 5. The lowest BCUT2D eigenvalue weighted by Gasteiger charge is -2.22. The first-order valence-electron chi connectivity index (χ1n) is 9.12. The van der Waals surface area contributed by atoms with E-state index in [1.807, 2.05) is 0 Å². The van der Waals surface area contributed by atoms with Crippen LogP contribution < -0.4 is 20.1 Å². The Morgan fingerprint density at radius 1 is 0.969 bits per heavy atom. The van der Waals surface area contributed by atoms with Gasteiger partial charge in [-0.3, -0.25) is 14.5 Å². The zero-order chi connectivity index (χ0) is 23.5. The van der Waals surface area contributed by atoms with Crippen molar-refractivity contribution in [2.24, 2.45) is 0 Å². The van der Waals surface area contributed by atoms with E-state index in [1.165, 1.54) is 55.5 Å². The average Bonchev–Trinajstić information content (AvgIpc) is 2.93. The number of rotatable bonds is 8. The quantitative estimate of drug-likeness (QED) is 0.470. The molecule has 2 aromatic carbocycles. The van der Waals surface area contributed by atoms with Crippen LogP contribution in [0.3, 0.4) is 0 Å². The summed E-state index contributed by atoms with van der Waals surface area (Å²) in [6.07, 6.45) is 0. The largest absolute Gasteiger partial charge is 0.435 e. The number of nitrogens with zero attached hydrogens (tertiary/aromatic N) is 1. The Balaban J connectivity index is 1.65. The molecule has 0 radical (unpaired) electrons. The summed E-state index contributed by atoms with van der Waals surface area (Å²) in [4.78, 5) is 38.2. The number of carbonyl (C=O) groups is 3. The first kappa shape index (κ1) is 22.8. The Hall–Kier alpha value is -3.83. The molecule has 0 unspecified atom stereocenters. The normalized spacial score (nSPS) is 18.2. The minimum absolute atomic E-state index is 0.104. The van der Waals surface area contributed by atoms with Gasteiger partial charge in [0.25, 0.3) is 5.91 Å². The van der Waals surface area contributed by atoms with Crippen LogP contribution in [0.15, 0.2) is 48.5 Å². The number of benzene rings is 2. The van der Waals surface area contributed by atoms with Gasteiger partial charge in [0, 0.05) is 5.69 Å². The van der Waals surface area contributed by atoms with E-state index in [1.54, 1.807) is 0 Å². The molecule has 1 heterocycles. The Labute approximate surface area is 179 Å². The first-order valence-corrected chi connectivity index (χ1v) is 9.12. The Morgan fingerprint density at radius 3 is 1.97 bits per heavy atom. The number of urea groups is 1. The van der Waals surface area contributed by atoms with E-state index in [2.05, 4.69) is 20.1 Å². The molecule has 3 rings (SSSR count). The fourth-order valence-electron chi connectivity index (χ4n) is 3.07. The second-order valence-electron chi connectivity index (χ2n) is 6.80. The van der Waals surface area contributed by atoms with Gasteiger partial charge in [-0.05, 0) is 48.9 Å². The van der Waals surface area contributed by atoms with Crippen LogP contribution in [0.1, 0.15) is 12.5 Å². The van der Waals surface area contributed by atoms with E-state index < -0.39 is 43.2 Å². The van der Waals surface area contributed by atoms with Crippen molar-refractivity contribution in [2.75, 3.05) is 11.9 Å². The van der Waals surface area contributed by atoms with Gasteiger partial charge in [-0.2, -0.15) is 17.6 Å². The highest BCUT2D eigenvalue weighted by Gasteiger charge is 2.49. The smallest absolute Gasteiger partial charge is 0.387 e. The van der Waals surface area contributed by atoms with Crippen LogP contribution in [-0.4, -0.2) is 42.5 Å². The number of amides is 4. The number of halogens is 4. The first-order chi connectivity index (χ1) is 15.1. The average molecular weight is 455 g/mol. The summed E-state index contributed by atoms with van der Waals surface area (Å²) in [5.41, 5.74) is -0.981. The highest BCUT2D eigenvalue weighted by Crippen LogP contribution is 2.30. The van der Waals surface area contributed by atoms with Crippen molar-refractivity contribution in [2.45, 2.75) is 25.7 Å². The molecule has 0 bridgehead atoms. The SMILES string of the molecule is C[C@@]1(c2ccc(OC(F)F)cc2)NC(=O)N(CC(=O)Nc2ccc(OC(F)F)cc2)C1=O. The van der Waals surface area contributed by atoms with Crippen LogP contribution in [0.4, 0.5) is 28.0 Å². The van der Waals surface area contributed by atoms with Crippen LogP contribution in [-0.2, 0) is 15.1 Å². The monoisotopic (exact) mass is 455 g/mol. The lowest BCUT2D eigenvalue weighted by atomic mass is 9.92. The van der Waals surface area contributed by atoms with Gasteiger partial charge in [0.2, 0.25) is 5.91 Å². The number of alkyl halides is 4. The molecule has 8 nitrogen and oxygen atoms in total. The van der Waals surface area contributed by atoms with E-state index in [9.17, 15) is 31.9 Å². The molecule has 32 heavy (non-hydrogen) atoms. The molecular weight excluding hydrogens is 438 g/mol. The summed E-state index contributed by atoms with van der Waals surface area (Å²) in [7, 11) is 0. The predicted molar refractivity (Wildman–Crippen MR) is 102 cm³/mol. The molecule has 170 valence electrons. The van der Waals surface area contributed by atoms with Gasteiger partial charge in [0.05, 0.1) is 0 Å². The van der Waals surface area contributed by atoms with Crippen molar-refractivity contribution in [3.8, 4) is 11.5 Å². The number of anilines is 1. The summed E-state index contributed by atoms with van der Waals surface area (Å²) >= 11 is 0. The van der Waals surface area contributed by atoms with Gasteiger partial charge in [-0.15, -0.1) is 0 Å². The van der Waals surface area contributed by atoms with Crippen LogP contribution in [0.2, 0.25) is 0 Å². The van der Waals surface area contributed by atoms with Crippen molar-refractivity contribution in [3.05, 3.63) is 54.1 Å². The molecule has 2 N–H and O–H groups in total. The highest BCUT2D eigenvalue weighted by molar-refractivity contribution is 6.10. The number of carbonyl (C=O) groups excluding carboxylic acids is 3. The van der Waals surface area contributed by atoms with Gasteiger partial charge in [-0.1, -0.05) is 12.1 Å². The zero-order valence-corrected chi connectivity index (χ0v) is 16.5. The molecule has 1 fully saturated rings. The van der Waals surface area contributed by atoms with E-state index in [0.717, 1.165) is 0 Å². The molecule has 1 saturated heterocycles. The molecule has 0 saturated carbocycles. The maximum Gasteiger partial charge on any atom is 0.387 e. The second-order valence-corrected chi connectivity index (χ2v) is 6.80. The molecule has 0 spiro atoms. The van der Waals surface area contributed by atoms with E-state index in [-0.39, 0.29) is 17.2 Å². The summed E-state index contributed by atoms with van der Waals surface area (Å²) in [6, 6.07) is 9.39. The van der Waals surface area contributed by atoms with Crippen molar-refractivity contribution >= 4 is 23.5 Å². The van der Waals surface area contributed by atoms with Crippen molar-refractivity contribution in [1.29, 1.82) is 0 Å². The van der Waals surface area contributed by atoms with Gasteiger partial charge in [-0.25, -0.2) is 4.79 Å². The van der Waals surface area contributed by atoms with Gasteiger partial charge < -0.3 is 20.1 Å². The molecule has 1 aliphatic rings. The van der Waals surface area contributed by atoms with Crippen LogP contribution in [0.25, 0.3) is 0 Å². The predicted octanol–water partition coefficient (Wildman–Crippen LogP) is 3.30. The number of nitrogens with one attached hydrogen (secondary N) is 2. The summed E-state index contributed by atoms with van der Waals surface area (Å²) in [5.74, 6) is -1.65. The highest BCUT2D eigenvalue weighted by atomic mass is 19.3. The lowest BCUT2D eigenvalue weighted by molar-refractivity contribution is -0.133. The molecule has 4 amide bonds. The Morgan fingerprint density at radius 2 is 1.47 bits per heavy atom. The van der Waals surface area contributed by atoms with Crippen molar-refractivity contribution in [1.82, 2.24) is 10.2 Å². The molecule has 1 aliphatic heterocycles. The fraction of sp³-hybridized carbons (Fsp3) is 0.250. The van der Waals surface area contributed by atoms with Gasteiger partial charge in [0.15, 0.2) is 0 Å². The Kier molecular flexibility index (Phi) is 6.51. The summed E-state index contributed by atoms with van der Waals surface area (Å²) in [5, 5.41) is 4.92. The number of ether oxygens (including phenoxy) is 2. The van der Waals surface area contributed by atoms with Crippen LogP contribution in [0, 0.1) is 0 Å². The molecule has 1 atom stereocenters. The molecule has 2 aromatic rings. The maximum atomic E-state index is 12.9. The third-order valence-electron chi connectivity index (χ3n) is 4.60. The van der Waals surface area contributed by atoms with Crippen molar-refractivity contribution < 1.29 is 41.4 Å². The van der Waals surface area contributed by atoms with E-state index >= 15 is 0 Å². The summed E-state index contributed by atoms with van der Waals surface area (Å²) in [6.45, 7) is -5.19. The number of imide groups is 1.